The number of nitrogens with one attached hydrogen (secondary N) is 1. The molecule has 1 rings (SSSR count). The van der Waals surface area contributed by atoms with E-state index in [9.17, 15) is 4.79 Å². The maximum absolute atomic E-state index is 10.8. The Morgan fingerprint density at radius 2 is 2.14 bits per heavy atom. The van der Waals surface area contributed by atoms with E-state index in [1.165, 1.54) is 4.90 Å². The van der Waals surface area contributed by atoms with Crippen molar-refractivity contribution in [2.24, 2.45) is 0 Å². The highest BCUT2D eigenvalue weighted by atomic mass is 16.4. The van der Waals surface area contributed by atoms with E-state index in [2.05, 4.69) is 26.1 Å². The molecule has 0 radical (unpaired) electrons. The molecule has 82 valence electrons. The normalized spacial score (nSPS) is 23.6. The molecule has 0 bridgehead atoms. The Bertz CT molecular complexity index is 211. The van der Waals surface area contributed by atoms with Gasteiger partial charge in [-0.05, 0) is 33.6 Å². The molecule has 14 heavy (non-hydrogen) atoms. The van der Waals surface area contributed by atoms with Crippen LogP contribution in [0.1, 0.15) is 33.6 Å². The summed E-state index contributed by atoms with van der Waals surface area (Å²) in [4.78, 5) is 12.3. The fraction of sp³-hybridized carbons (Fsp3) is 0.900. The van der Waals surface area contributed by atoms with Crippen LogP contribution in [0, 0.1) is 0 Å². The van der Waals surface area contributed by atoms with Crippen molar-refractivity contribution in [2.45, 2.75) is 45.2 Å². The summed E-state index contributed by atoms with van der Waals surface area (Å²) in [6.45, 7) is 7.61. The first-order valence-electron chi connectivity index (χ1n) is 5.14. The van der Waals surface area contributed by atoms with Crippen LogP contribution in [0.25, 0.3) is 0 Å². The van der Waals surface area contributed by atoms with Crippen molar-refractivity contribution in [3.8, 4) is 0 Å². The van der Waals surface area contributed by atoms with E-state index in [4.69, 9.17) is 5.11 Å². The molecule has 1 atom stereocenters. The molecule has 1 aliphatic heterocycles. The number of hydrogen-bond donors (Lipinski definition) is 2. The first kappa shape index (κ1) is 11.3. The van der Waals surface area contributed by atoms with Gasteiger partial charge in [0.2, 0.25) is 0 Å². The molecular weight excluding hydrogens is 180 g/mol. The van der Waals surface area contributed by atoms with Crippen LogP contribution in [0.5, 0.6) is 0 Å². The fourth-order valence-corrected chi connectivity index (χ4v) is 1.88. The summed E-state index contributed by atoms with van der Waals surface area (Å²) < 4.78 is 0. The molecule has 1 amide bonds. The van der Waals surface area contributed by atoms with Gasteiger partial charge in [-0.3, -0.25) is 0 Å². The molecule has 1 aliphatic rings. The summed E-state index contributed by atoms with van der Waals surface area (Å²) in [6, 6.07) is 0.305. The summed E-state index contributed by atoms with van der Waals surface area (Å²) in [5, 5.41) is 12.3. The monoisotopic (exact) mass is 200 g/mol. The number of hydrogen-bond acceptors (Lipinski definition) is 2. The number of piperidine rings is 1. The lowest BCUT2D eigenvalue weighted by Crippen LogP contribution is -2.52. The molecule has 1 unspecified atom stereocenters. The average molecular weight is 200 g/mol. The highest BCUT2D eigenvalue weighted by molar-refractivity contribution is 5.65. The summed E-state index contributed by atoms with van der Waals surface area (Å²) in [6.07, 6.45) is 1.23. The molecular formula is C10H20N2O2. The molecule has 1 heterocycles. The first-order valence-corrected chi connectivity index (χ1v) is 5.14. The predicted octanol–water partition coefficient (Wildman–Crippen LogP) is 1.52. The number of amides is 1. The lowest BCUT2D eigenvalue weighted by Gasteiger charge is -2.35. The Hall–Kier alpha value is -0.770. The van der Waals surface area contributed by atoms with Gasteiger partial charge in [-0.15, -0.1) is 0 Å². The van der Waals surface area contributed by atoms with Gasteiger partial charge in [-0.2, -0.15) is 0 Å². The number of carboxylic acid groups (broad SMARTS) is 1. The molecule has 0 aliphatic carbocycles. The van der Waals surface area contributed by atoms with E-state index in [1.807, 2.05) is 0 Å². The van der Waals surface area contributed by atoms with Crippen LogP contribution in [-0.4, -0.2) is 40.8 Å². The zero-order valence-corrected chi connectivity index (χ0v) is 9.21. The molecule has 0 saturated carbocycles. The SMILES string of the molecule is CC(C)(C)NC1CCCN(C(=O)O)C1. The maximum atomic E-state index is 10.8. The largest absolute Gasteiger partial charge is 0.465 e. The summed E-state index contributed by atoms with van der Waals surface area (Å²) in [7, 11) is 0. The second-order valence-corrected chi connectivity index (χ2v) is 4.96. The first-order chi connectivity index (χ1) is 6.38. The van der Waals surface area contributed by atoms with Gasteiger partial charge in [0.15, 0.2) is 0 Å². The van der Waals surface area contributed by atoms with Gasteiger partial charge in [-0.25, -0.2) is 4.79 Å². The van der Waals surface area contributed by atoms with Gasteiger partial charge in [0, 0.05) is 24.7 Å². The zero-order valence-electron chi connectivity index (χ0n) is 9.21. The molecule has 4 nitrogen and oxygen atoms in total. The third-order valence-electron chi connectivity index (χ3n) is 2.33. The molecule has 0 spiro atoms. The highest BCUT2D eigenvalue weighted by Gasteiger charge is 2.25. The van der Waals surface area contributed by atoms with E-state index < -0.39 is 6.09 Å². The van der Waals surface area contributed by atoms with Crippen LogP contribution < -0.4 is 5.32 Å². The molecule has 4 heteroatoms. The van der Waals surface area contributed by atoms with Gasteiger partial charge >= 0.3 is 6.09 Å². The minimum absolute atomic E-state index is 0.0617. The number of carbonyl (C=O) groups is 1. The third-order valence-corrected chi connectivity index (χ3v) is 2.33. The van der Waals surface area contributed by atoms with Gasteiger partial charge in [-0.1, -0.05) is 0 Å². The Morgan fingerprint density at radius 1 is 1.50 bits per heavy atom. The third kappa shape index (κ3) is 3.54. The van der Waals surface area contributed by atoms with E-state index in [-0.39, 0.29) is 5.54 Å². The highest BCUT2D eigenvalue weighted by Crippen LogP contribution is 2.13. The van der Waals surface area contributed by atoms with Crippen molar-refractivity contribution in [1.82, 2.24) is 10.2 Å². The van der Waals surface area contributed by atoms with Crippen LogP contribution in [0.3, 0.4) is 0 Å². The van der Waals surface area contributed by atoms with Gasteiger partial charge in [0.05, 0.1) is 0 Å². The molecule has 0 aromatic rings. The minimum atomic E-state index is -0.801. The molecule has 1 saturated heterocycles. The van der Waals surface area contributed by atoms with Gasteiger partial charge in [0.25, 0.3) is 0 Å². The molecule has 1 fully saturated rings. The average Bonchev–Trinajstić information content (AvgIpc) is 2.01. The minimum Gasteiger partial charge on any atom is -0.465 e. The van der Waals surface area contributed by atoms with Crippen molar-refractivity contribution < 1.29 is 9.90 Å². The zero-order chi connectivity index (χ0) is 10.8. The molecule has 2 N–H and O–H groups in total. The Morgan fingerprint density at radius 3 is 2.64 bits per heavy atom. The van der Waals surface area contributed by atoms with Crippen LogP contribution in [0.15, 0.2) is 0 Å². The fourth-order valence-electron chi connectivity index (χ4n) is 1.88. The van der Waals surface area contributed by atoms with Crippen LogP contribution in [0.4, 0.5) is 4.79 Å². The van der Waals surface area contributed by atoms with Crippen LogP contribution in [-0.2, 0) is 0 Å². The maximum Gasteiger partial charge on any atom is 0.407 e. The molecule has 0 aromatic heterocycles. The second-order valence-electron chi connectivity index (χ2n) is 4.96. The van der Waals surface area contributed by atoms with Gasteiger partial charge in [0.1, 0.15) is 0 Å². The lowest BCUT2D eigenvalue weighted by molar-refractivity contribution is 0.121. The van der Waals surface area contributed by atoms with Crippen LogP contribution >= 0.6 is 0 Å². The van der Waals surface area contributed by atoms with Crippen molar-refractivity contribution >= 4 is 6.09 Å². The summed E-state index contributed by atoms with van der Waals surface area (Å²) in [5.41, 5.74) is 0.0617. The Labute approximate surface area is 85.3 Å². The van der Waals surface area contributed by atoms with Gasteiger partial charge < -0.3 is 15.3 Å². The summed E-state index contributed by atoms with van der Waals surface area (Å²) >= 11 is 0. The Kier molecular flexibility index (Phi) is 3.37. The van der Waals surface area contributed by atoms with Crippen molar-refractivity contribution in [3.05, 3.63) is 0 Å². The summed E-state index contributed by atoms with van der Waals surface area (Å²) in [5.74, 6) is 0. The van der Waals surface area contributed by atoms with E-state index in [1.54, 1.807) is 0 Å². The molecule has 0 aromatic carbocycles. The number of likely N-dealkylation sites (tertiary alicyclic amines) is 1. The predicted molar refractivity (Wildman–Crippen MR) is 55.5 cm³/mol. The quantitative estimate of drug-likeness (QED) is 0.674. The van der Waals surface area contributed by atoms with E-state index >= 15 is 0 Å². The van der Waals surface area contributed by atoms with E-state index in [0.29, 0.717) is 19.1 Å². The van der Waals surface area contributed by atoms with Crippen molar-refractivity contribution in [1.29, 1.82) is 0 Å². The van der Waals surface area contributed by atoms with E-state index in [0.717, 1.165) is 12.8 Å². The topological polar surface area (TPSA) is 52.6 Å². The van der Waals surface area contributed by atoms with Crippen molar-refractivity contribution in [2.75, 3.05) is 13.1 Å². The lowest BCUT2D eigenvalue weighted by atomic mass is 10.0. The smallest absolute Gasteiger partial charge is 0.407 e. The number of nitrogens with zero attached hydrogens (tertiary/aromatic N) is 1. The van der Waals surface area contributed by atoms with Crippen molar-refractivity contribution in [3.63, 3.8) is 0 Å². The second kappa shape index (κ2) is 4.17. The standard InChI is InChI=1S/C10H20N2O2/c1-10(2,3)11-8-5-4-6-12(7-8)9(13)14/h8,11H,4-7H2,1-3H3,(H,13,14). The van der Waals surface area contributed by atoms with Crippen LogP contribution in [0.2, 0.25) is 0 Å². The Balaban J connectivity index is 2.44. The number of rotatable bonds is 1.